The summed E-state index contributed by atoms with van der Waals surface area (Å²) in [5, 5.41) is 16.8. The van der Waals surface area contributed by atoms with Crippen LogP contribution in [0.3, 0.4) is 0 Å². The maximum atomic E-state index is 11.3. The normalized spacial score (nSPS) is 29.3. The maximum absolute atomic E-state index is 11.3. The van der Waals surface area contributed by atoms with Crippen LogP contribution >= 0.6 is 24.8 Å². The van der Waals surface area contributed by atoms with Crippen molar-refractivity contribution < 1.29 is 9.90 Å². The lowest BCUT2D eigenvalue weighted by molar-refractivity contribution is -0.143. The third-order valence-corrected chi connectivity index (χ3v) is 7.04. The Kier molecular flexibility index (Phi) is 9.23. The van der Waals surface area contributed by atoms with Crippen molar-refractivity contribution >= 4 is 36.9 Å². The van der Waals surface area contributed by atoms with E-state index in [-0.39, 0.29) is 24.8 Å². The molecule has 0 spiro atoms. The lowest BCUT2D eigenvalue weighted by Gasteiger charge is -2.31. The summed E-state index contributed by atoms with van der Waals surface area (Å²) in [6.45, 7) is 2.92. The van der Waals surface area contributed by atoms with Crippen LogP contribution in [0.2, 0.25) is 0 Å². The largest absolute Gasteiger partial charge is 0.481 e. The number of carboxylic acid groups (broad SMARTS) is 1. The average molecular weight is 455 g/mol. The van der Waals surface area contributed by atoms with Crippen molar-refractivity contribution in [1.82, 2.24) is 10.6 Å². The second kappa shape index (κ2) is 11.0. The van der Waals surface area contributed by atoms with Gasteiger partial charge < -0.3 is 15.7 Å². The topological polar surface area (TPSA) is 61.4 Å². The fraction of sp³-hybridized carbons (Fsp3) is 0.625. The highest BCUT2D eigenvalue weighted by atomic mass is 35.5. The minimum absolute atomic E-state index is 0. The summed E-state index contributed by atoms with van der Waals surface area (Å²) in [7, 11) is 0. The zero-order valence-electron chi connectivity index (χ0n) is 17.8. The van der Waals surface area contributed by atoms with Crippen LogP contribution in [-0.4, -0.2) is 35.7 Å². The number of halogens is 2. The Morgan fingerprint density at radius 1 is 1.10 bits per heavy atom. The Balaban J connectivity index is 0.00000160. The van der Waals surface area contributed by atoms with Gasteiger partial charge in [-0.2, -0.15) is 0 Å². The van der Waals surface area contributed by atoms with E-state index in [1.165, 1.54) is 24.8 Å². The van der Waals surface area contributed by atoms with Gasteiger partial charge in [0.1, 0.15) is 0 Å². The van der Waals surface area contributed by atoms with Crippen molar-refractivity contribution in [3.63, 3.8) is 0 Å². The molecule has 4 rings (SSSR count). The van der Waals surface area contributed by atoms with E-state index in [2.05, 4.69) is 54.0 Å². The van der Waals surface area contributed by atoms with Gasteiger partial charge in [0.25, 0.3) is 0 Å². The number of hydrogen-bond acceptors (Lipinski definition) is 3. The first-order valence-corrected chi connectivity index (χ1v) is 11.1. The molecule has 1 unspecified atom stereocenters. The van der Waals surface area contributed by atoms with Crippen LogP contribution < -0.4 is 10.6 Å². The summed E-state index contributed by atoms with van der Waals surface area (Å²) in [6, 6.07) is 12.4. The summed E-state index contributed by atoms with van der Waals surface area (Å²) in [6.07, 6.45) is 11.2. The molecule has 0 amide bonds. The zero-order chi connectivity index (χ0) is 19.6. The molecule has 3 aliphatic carbocycles. The molecule has 0 bridgehead atoms. The summed E-state index contributed by atoms with van der Waals surface area (Å²) in [5.74, 6) is 0.0803. The highest BCUT2D eigenvalue weighted by Crippen LogP contribution is 2.45. The molecule has 3 aliphatic rings. The molecule has 1 aromatic carbocycles. The van der Waals surface area contributed by atoms with E-state index in [9.17, 15) is 9.90 Å². The van der Waals surface area contributed by atoms with Gasteiger partial charge in [0.15, 0.2) is 0 Å². The molecule has 0 heterocycles. The average Bonchev–Trinajstić information content (AvgIpc) is 3.63. The van der Waals surface area contributed by atoms with Crippen molar-refractivity contribution in [2.24, 2.45) is 11.3 Å². The molecule has 3 N–H and O–H groups in total. The summed E-state index contributed by atoms with van der Waals surface area (Å²) >= 11 is 0. The number of benzene rings is 1. The first kappa shape index (κ1) is 25.2. The predicted octanol–water partition coefficient (Wildman–Crippen LogP) is 5.07. The van der Waals surface area contributed by atoms with E-state index in [1.807, 2.05) is 0 Å². The van der Waals surface area contributed by atoms with Gasteiger partial charge in [0, 0.05) is 24.7 Å². The van der Waals surface area contributed by atoms with E-state index >= 15 is 0 Å². The molecular weight excluding hydrogens is 419 g/mol. The minimum Gasteiger partial charge on any atom is -0.481 e. The second-order valence-corrected chi connectivity index (χ2v) is 9.11. The lowest BCUT2D eigenvalue weighted by Crippen LogP contribution is -2.43. The fourth-order valence-electron chi connectivity index (χ4n) is 4.75. The van der Waals surface area contributed by atoms with Gasteiger partial charge in [-0.05, 0) is 62.8 Å². The van der Waals surface area contributed by atoms with E-state index in [4.69, 9.17) is 0 Å². The third kappa shape index (κ3) is 6.23. The third-order valence-electron chi connectivity index (χ3n) is 7.04. The number of rotatable bonds is 9. The molecule has 4 nitrogen and oxygen atoms in total. The van der Waals surface area contributed by atoms with E-state index in [0.717, 1.165) is 32.1 Å². The molecule has 2 atom stereocenters. The molecule has 30 heavy (non-hydrogen) atoms. The molecule has 0 aliphatic heterocycles. The number of nitrogens with one attached hydrogen (secondary N) is 2. The SMILES string of the molecule is CCC(=Cc1ccccc1)C1C[C@@H]1NC1CCC(NCC2(C(=O)O)CC2)CC1.Cl.Cl. The monoisotopic (exact) mass is 454 g/mol. The Bertz CT molecular complexity index is 713. The van der Waals surface area contributed by atoms with Crippen molar-refractivity contribution in [2.45, 2.75) is 76.4 Å². The zero-order valence-corrected chi connectivity index (χ0v) is 19.4. The van der Waals surface area contributed by atoms with Gasteiger partial charge in [-0.25, -0.2) is 0 Å². The quantitative estimate of drug-likeness (QED) is 0.487. The van der Waals surface area contributed by atoms with Crippen molar-refractivity contribution in [3.05, 3.63) is 41.5 Å². The molecule has 0 radical (unpaired) electrons. The van der Waals surface area contributed by atoms with Gasteiger partial charge in [0.2, 0.25) is 0 Å². The van der Waals surface area contributed by atoms with Crippen LogP contribution in [-0.2, 0) is 4.79 Å². The molecule has 3 saturated carbocycles. The highest BCUT2D eigenvalue weighted by Gasteiger charge is 2.50. The molecule has 6 heteroatoms. The van der Waals surface area contributed by atoms with E-state index in [1.54, 1.807) is 5.57 Å². The Morgan fingerprint density at radius 3 is 2.30 bits per heavy atom. The first-order chi connectivity index (χ1) is 13.6. The minimum atomic E-state index is -0.620. The number of hydrogen-bond donors (Lipinski definition) is 3. The van der Waals surface area contributed by atoms with Gasteiger partial charge in [-0.3, -0.25) is 4.79 Å². The van der Waals surface area contributed by atoms with Crippen LogP contribution in [0.25, 0.3) is 6.08 Å². The van der Waals surface area contributed by atoms with Gasteiger partial charge in [-0.1, -0.05) is 48.9 Å². The smallest absolute Gasteiger partial charge is 0.310 e. The molecule has 0 saturated heterocycles. The Hall–Kier alpha value is -1.07. The lowest BCUT2D eigenvalue weighted by atomic mass is 9.90. The van der Waals surface area contributed by atoms with Crippen molar-refractivity contribution in [2.75, 3.05) is 6.54 Å². The van der Waals surface area contributed by atoms with Gasteiger partial charge >= 0.3 is 5.97 Å². The Morgan fingerprint density at radius 2 is 1.73 bits per heavy atom. The molecule has 1 aromatic rings. The van der Waals surface area contributed by atoms with Crippen LogP contribution in [0, 0.1) is 11.3 Å². The number of carbonyl (C=O) groups is 1. The predicted molar refractivity (Wildman–Crippen MR) is 128 cm³/mol. The van der Waals surface area contributed by atoms with Crippen LogP contribution in [0.4, 0.5) is 0 Å². The molecular formula is C24H36Cl2N2O2. The number of carboxylic acids is 1. The molecule has 3 fully saturated rings. The number of aliphatic carboxylic acids is 1. The molecule has 0 aromatic heterocycles. The second-order valence-electron chi connectivity index (χ2n) is 9.11. The standard InChI is InChI=1S/C24H34N2O2.2ClH/c1-2-18(14-17-6-4-3-5-7-17)21-15-22(21)26-20-10-8-19(9-11-20)25-16-24(12-13-24)23(27)28;;/h3-7,14,19-22,25-26H,2,8-13,15-16H2,1H3,(H,27,28);2*1H/t19?,20?,21?,22-;;/m0../s1. The summed E-state index contributed by atoms with van der Waals surface area (Å²) in [4.78, 5) is 11.3. The van der Waals surface area contributed by atoms with Gasteiger partial charge in [0.05, 0.1) is 5.41 Å². The van der Waals surface area contributed by atoms with Gasteiger partial charge in [-0.15, -0.1) is 24.8 Å². The van der Waals surface area contributed by atoms with Crippen molar-refractivity contribution in [3.8, 4) is 0 Å². The fourth-order valence-corrected chi connectivity index (χ4v) is 4.75. The summed E-state index contributed by atoms with van der Waals surface area (Å²) < 4.78 is 0. The molecule has 168 valence electrons. The van der Waals surface area contributed by atoms with Crippen LogP contribution in [0.5, 0.6) is 0 Å². The summed E-state index contributed by atoms with van der Waals surface area (Å²) in [5.41, 5.74) is 2.44. The maximum Gasteiger partial charge on any atom is 0.310 e. The van der Waals surface area contributed by atoms with Crippen molar-refractivity contribution in [1.29, 1.82) is 0 Å². The first-order valence-electron chi connectivity index (χ1n) is 11.1. The van der Waals surface area contributed by atoms with Crippen LogP contribution in [0.1, 0.15) is 63.9 Å². The van der Waals surface area contributed by atoms with E-state index in [0.29, 0.717) is 30.6 Å². The van der Waals surface area contributed by atoms with Crippen LogP contribution in [0.15, 0.2) is 35.9 Å². The highest BCUT2D eigenvalue weighted by molar-refractivity contribution is 5.85. The Labute approximate surface area is 193 Å². The van der Waals surface area contributed by atoms with E-state index < -0.39 is 11.4 Å².